The van der Waals surface area contributed by atoms with Crippen molar-refractivity contribution >= 4 is 27.3 Å². The number of carbonyl (C=O) groups excluding carboxylic acids is 1. The third-order valence-corrected chi connectivity index (χ3v) is 3.68. The summed E-state index contributed by atoms with van der Waals surface area (Å²) in [5, 5.41) is 18.2. The SMILES string of the molecule is NS(=O)(=O)c1cccc(C(=O)Nc2ccccc2[N+](=O)[O-])c1. The Bertz CT molecular complexity index is 848. The van der Waals surface area contributed by atoms with Gasteiger partial charge in [0.15, 0.2) is 0 Å². The number of sulfonamides is 1. The summed E-state index contributed by atoms with van der Waals surface area (Å²) in [5.74, 6) is -0.681. The highest BCUT2D eigenvalue weighted by Gasteiger charge is 2.17. The van der Waals surface area contributed by atoms with Gasteiger partial charge in [0.2, 0.25) is 10.0 Å². The molecule has 0 bridgehead atoms. The van der Waals surface area contributed by atoms with Gasteiger partial charge in [-0.25, -0.2) is 13.6 Å². The average molecular weight is 321 g/mol. The number of para-hydroxylation sites is 2. The fourth-order valence-electron chi connectivity index (χ4n) is 1.75. The number of rotatable bonds is 4. The average Bonchev–Trinajstić information content (AvgIpc) is 2.47. The van der Waals surface area contributed by atoms with E-state index in [2.05, 4.69) is 5.32 Å². The monoisotopic (exact) mass is 321 g/mol. The number of hydrogen-bond acceptors (Lipinski definition) is 5. The van der Waals surface area contributed by atoms with Crippen LogP contribution in [0.5, 0.6) is 0 Å². The van der Waals surface area contributed by atoms with Crippen molar-refractivity contribution in [2.75, 3.05) is 5.32 Å². The van der Waals surface area contributed by atoms with Crippen molar-refractivity contribution in [2.45, 2.75) is 4.90 Å². The second kappa shape index (κ2) is 5.92. The van der Waals surface area contributed by atoms with Crippen molar-refractivity contribution in [1.82, 2.24) is 0 Å². The lowest BCUT2D eigenvalue weighted by molar-refractivity contribution is -0.383. The lowest BCUT2D eigenvalue weighted by atomic mass is 10.2. The molecule has 3 N–H and O–H groups in total. The second-order valence-electron chi connectivity index (χ2n) is 4.30. The number of nitrogens with one attached hydrogen (secondary N) is 1. The maximum absolute atomic E-state index is 12.1. The zero-order valence-electron chi connectivity index (χ0n) is 11.1. The first-order valence-corrected chi connectivity index (χ1v) is 7.51. The van der Waals surface area contributed by atoms with Crippen molar-refractivity contribution in [3.8, 4) is 0 Å². The Hall–Kier alpha value is -2.78. The summed E-state index contributed by atoms with van der Waals surface area (Å²) in [7, 11) is -3.94. The number of nitrogens with two attached hydrogens (primary N) is 1. The molecule has 0 radical (unpaired) electrons. The van der Waals surface area contributed by atoms with Gasteiger partial charge in [0.05, 0.1) is 9.82 Å². The molecule has 0 aliphatic heterocycles. The molecule has 22 heavy (non-hydrogen) atoms. The van der Waals surface area contributed by atoms with Gasteiger partial charge in [-0.15, -0.1) is 0 Å². The number of nitro groups is 1. The van der Waals surface area contributed by atoms with Gasteiger partial charge in [-0.1, -0.05) is 18.2 Å². The summed E-state index contributed by atoms with van der Waals surface area (Å²) in [4.78, 5) is 22.1. The molecule has 0 aliphatic carbocycles. The van der Waals surface area contributed by atoms with Crippen LogP contribution in [-0.2, 0) is 10.0 Å². The second-order valence-corrected chi connectivity index (χ2v) is 5.86. The quantitative estimate of drug-likeness (QED) is 0.650. The number of nitro benzene ring substituents is 1. The van der Waals surface area contributed by atoms with E-state index in [-0.39, 0.29) is 21.8 Å². The molecule has 2 aromatic carbocycles. The molecular weight excluding hydrogens is 310 g/mol. The van der Waals surface area contributed by atoms with Gasteiger partial charge in [-0.05, 0) is 24.3 Å². The third kappa shape index (κ3) is 3.45. The van der Waals surface area contributed by atoms with Crippen LogP contribution in [0, 0.1) is 10.1 Å². The van der Waals surface area contributed by atoms with E-state index in [0.717, 1.165) is 6.07 Å². The number of hydrogen-bond donors (Lipinski definition) is 2. The zero-order valence-corrected chi connectivity index (χ0v) is 11.9. The Morgan fingerprint density at radius 1 is 1.14 bits per heavy atom. The molecule has 0 unspecified atom stereocenters. The summed E-state index contributed by atoms with van der Waals surface area (Å²) in [5.41, 5.74) is -0.235. The predicted molar refractivity (Wildman–Crippen MR) is 78.9 cm³/mol. The molecule has 0 heterocycles. The molecule has 8 nitrogen and oxygen atoms in total. The maximum Gasteiger partial charge on any atom is 0.292 e. The van der Waals surface area contributed by atoms with Crippen molar-refractivity contribution < 1.29 is 18.1 Å². The summed E-state index contributed by atoms with van der Waals surface area (Å²) >= 11 is 0. The van der Waals surface area contributed by atoms with Crippen LogP contribution in [0.1, 0.15) is 10.4 Å². The highest BCUT2D eigenvalue weighted by atomic mass is 32.2. The molecule has 0 saturated carbocycles. The zero-order chi connectivity index (χ0) is 16.3. The summed E-state index contributed by atoms with van der Waals surface area (Å²) in [6.07, 6.45) is 0. The predicted octanol–water partition coefficient (Wildman–Crippen LogP) is 1.49. The van der Waals surface area contributed by atoms with Crippen LogP contribution in [0.15, 0.2) is 53.4 Å². The summed E-state index contributed by atoms with van der Waals surface area (Å²) in [6, 6.07) is 10.7. The molecule has 9 heteroatoms. The van der Waals surface area contributed by atoms with E-state index in [1.54, 1.807) is 0 Å². The molecule has 0 aliphatic rings. The minimum absolute atomic E-state index is 0.0125. The van der Waals surface area contributed by atoms with E-state index in [1.807, 2.05) is 0 Å². The Morgan fingerprint density at radius 3 is 2.45 bits per heavy atom. The number of primary sulfonamides is 1. The van der Waals surface area contributed by atoms with Crippen molar-refractivity contribution in [3.05, 3.63) is 64.2 Å². The molecule has 0 fully saturated rings. The van der Waals surface area contributed by atoms with Crippen molar-refractivity contribution in [3.63, 3.8) is 0 Å². The minimum atomic E-state index is -3.94. The highest BCUT2D eigenvalue weighted by Crippen LogP contribution is 2.24. The smallest absolute Gasteiger partial charge is 0.292 e. The van der Waals surface area contributed by atoms with Gasteiger partial charge in [0, 0.05) is 11.6 Å². The molecule has 1 amide bonds. The first kappa shape index (κ1) is 15.6. The Balaban J connectivity index is 2.33. The lowest BCUT2D eigenvalue weighted by Crippen LogP contribution is -2.16. The van der Waals surface area contributed by atoms with E-state index in [4.69, 9.17) is 5.14 Å². The third-order valence-electron chi connectivity index (χ3n) is 2.77. The van der Waals surface area contributed by atoms with Gasteiger partial charge in [-0.3, -0.25) is 14.9 Å². The van der Waals surface area contributed by atoms with Crippen LogP contribution in [-0.4, -0.2) is 19.2 Å². The first-order chi connectivity index (χ1) is 10.3. The Labute approximate surface area is 125 Å². The molecule has 0 spiro atoms. The van der Waals surface area contributed by atoms with Crippen LogP contribution in [0.2, 0.25) is 0 Å². The molecule has 0 atom stereocenters. The van der Waals surface area contributed by atoms with Gasteiger partial charge < -0.3 is 5.32 Å². The summed E-state index contributed by atoms with van der Waals surface area (Å²) in [6.45, 7) is 0. The molecular formula is C13H11N3O5S. The van der Waals surface area contributed by atoms with Crippen LogP contribution in [0.25, 0.3) is 0 Å². The molecule has 2 rings (SSSR count). The van der Waals surface area contributed by atoms with Crippen LogP contribution >= 0.6 is 0 Å². The van der Waals surface area contributed by atoms with Gasteiger partial charge in [0.1, 0.15) is 5.69 Å². The highest BCUT2D eigenvalue weighted by molar-refractivity contribution is 7.89. The van der Waals surface area contributed by atoms with E-state index >= 15 is 0 Å². The maximum atomic E-state index is 12.1. The van der Waals surface area contributed by atoms with Crippen LogP contribution in [0.3, 0.4) is 0 Å². The van der Waals surface area contributed by atoms with E-state index in [9.17, 15) is 23.3 Å². The standard InChI is InChI=1S/C13H11N3O5S/c14-22(20,21)10-5-3-4-9(8-10)13(17)15-11-6-1-2-7-12(11)16(18)19/h1-8H,(H,15,17)(H2,14,20,21). The number of anilines is 1. The van der Waals surface area contributed by atoms with Gasteiger partial charge in [-0.2, -0.15) is 0 Å². The lowest BCUT2D eigenvalue weighted by Gasteiger charge is -2.07. The number of carbonyl (C=O) groups is 1. The number of nitrogens with zero attached hydrogens (tertiary/aromatic N) is 1. The van der Waals surface area contributed by atoms with Crippen molar-refractivity contribution in [1.29, 1.82) is 0 Å². The van der Waals surface area contributed by atoms with Crippen LogP contribution < -0.4 is 10.5 Å². The van der Waals surface area contributed by atoms with Crippen molar-refractivity contribution in [2.24, 2.45) is 5.14 Å². The number of benzene rings is 2. The topological polar surface area (TPSA) is 132 Å². The summed E-state index contributed by atoms with van der Waals surface area (Å²) < 4.78 is 22.5. The fraction of sp³-hybridized carbons (Fsp3) is 0. The molecule has 0 aromatic heterocycles. The minimum Gasteiger partial charge on any atom is -0.316 e. The van der Waals surface area contributed by atoms with E-state index < -0.39 is 20.9 Å². The van der Waals surface area contributed by atoms with Gasteiger partial charge >= 0.3 is 0 Å². The molecule has 0 saturated heterocycles. The van der Waals surface area contributed by atoms with Crippen LogP contribution in [0.4, 0.5) is 11.4 Å². The first-order valence-electron chi connectivity index (χ1n) is 5.96. The largest absolute Gasteiger partial charge is 0.316 e. The van der Waals surface area contributed by atoms with E-state index in [0.29, 0.717) is 0 Å². The van der Waals surface area contributed by atoms with Gasteiger partial charge in [0.25, 0.3) is 11.6 Å². The number of amides is 1. The Morgan fingerprint density at radius 2 is 1.82 bits per heavy atom. The molecule has 2 aromatic rings. The molecule has 114 valence electrons. The normalized spacial score (nSPS) is 11.0. The Kier molecular flexibility index (Phi) is 4.20. The fourth-order valence-corrected chi connectivity index (χ4v) is 2.31. The van der Waals surface area contributed by atoms with E-state index in [1.165, 1.54) is 42.5 Å².